The topological polar surface area (TPSA) is 94.8 Å². The summed E-state index contributed by atoms with van der Waals surface area (Å²) in [5.41, 5.74) is -0.766. The average Bonchev–Trinajstić information content (AvgIpc) is 2.03. The summed E-state index contributed by atoms with van der Waals surface area (Å²) in [5.74, 6) is -2.99. The second kappa shape index (κ2) is 4.99. The molecule has 0 saturated carbocycles. The molecular formula is C8H7NaO5. The van der Waals surface area contributed by atoms with Crippen molar-refractivity contribution in [1.29, 1.82) is 0 Å². The molecule has 0 heterocycles. The van der Waals surface area contributed by atoms with Gasteiger partial charge in [0.05, 0.1) is 11.1 Å². The molecule has 0 amide bonds. The van der Waals surface area contributed by atoms with E-state index in [0.717, 1.165) is 18.2 Å². The van der Waals surface area contributed by atoms with Crippen molar-refractivity contribution in [2.45, 2.75) is 0 Å². The van der Waals surface area contributed by atoms with E-state index in [1.54, 1.807) is 0 Å². The average molecular weight is 206 g/mol. The van der Waals surface area contributed by atoms with E-state index < -0.39 is 17.5 Å². The quantitative estimate of drug-likeness (QED) is 0.598. The summed E-state index contributed by atoms with van der Waals surface area (Å²) in [5, 5.41) is 26.0. The van der Waals surface area contributed by atoms with Crippen LogP contribution in [0.3, 0.4) is 0 Å². The van der Waals surface area contributed by atoms with Gasteiger partial charge in [-0.25, -0.2) is 9.59 Å². The Hall–Kier alpha value is -1.04. The van der Waals surface area contributed by atoms with Crippen LogP contribution in [0.25, 0.3) is 0 Å². The second-order valence-corrected chi connectivity index (χ2v) is 2.34. The molecule has 3 N–H and O–H groups in total. The molecule has 14 heavy (non-hydrogen) atoms. The van der Waals surface area contributed by atoms with Crippen molar-refractivity contribution in [3.8, 4) is 5.75 Å². The van der Waals surface area contributed by atoms with Crippen molar-refractivity contribution in [2.75, 3.05) is 0 Å². The van der Waals surface area contributed by atoms with Crippen molar-refractivity contribution in [1.82, 2.24) is 0 Å². The predicted octanol–water partition coefficient (Wildman–Crippen LogP) is 0.140. The SMILES string of the molecule is O=C(O)c1ccc(O)cc1C(=O)O.[NaH]. The number of benzene rings is 1. The predicted molar refractivity (Wildman–Crippen MR) is 49.2 cm³/mol. The Kier molecular flexibility index (Phi) is 4.62. The first-order valence-corrected chi connectivity index (χ1v) is 3.32. The van der Waals surface area contributed by atoms with Crippen molar-refractivity contribution >= 4 is 41.5 Å². The van der Waals surface area contributed by atoms with Crippen LogP contribution in [0.4, 0.5) is 0 Å². The molecule has 1 aromatic carbocycles. The number of carboxylic acid groups (broad SMARTS) is 2. The minimum atomic E-state index is -1.38. The molecule has 5 nitrogen and oxygen atoms in total. The summed E-state index contributed by atoms with van der Waals surface area (Å²) < 4.78 is 0. The number of aromatic hydroxyl groups is 1. The van der Waals surface area contributed by atoms with Crippen LogP contribution >= 0.6 is 0 Å². The van der Waals surface area contributed by atoms with E-state index in [0.29, 0.717) is 0 Å². The standard InChI is InChI=1S/C8H6O5.Na.H/c9-4-1-2-5(7(10)11)6(3-4)8(12)13;;/h1-3,9H,(H,10,11)(H,12,13);;. The summed E-state index contributed by atoms with van der Waals surface area (Å²) in [6.45, 7) is 0. The number of hydrogen-bond acceptors (Lipinski definition) is 3. The Labute approximate surface area is 101 Å². The van der Waals surface area contributed by atoms with E-state index in [9.17, 15) is 9.59 Å². The molecule has 0 aliphatic carbocycles. The van der Waals surface area contributed by atoms with Gasteiger partial charge in [-0.15, -0.1) is 0 Å². The first kappa shape index (κ1) is 13.0. The fraction of sp³-hybridized carbons (Fsp3) is 0. The van der Waals surface area contributed by atoms with Gasteiger partial charge in [0, 0.05) is 0 Å². The van der Waals surface area contributed by atoms with E-state index in [2.05, 4.69) is 0 Å². The molecule has 0 spiro atoms. The zero-order chi connectivity index (χ0) is 10.0. The number of phenols is 1. The molecule has 1 rings (SSSR count). The number of phenolic OH excluding ortho intramolecular Hbond substituents is 1. The van der Waals surface area contributed by atoms with E-state index in [1.165, 1.54) is 0 Å². The van der Waals surface area contributed by atoms with E-state index in [-0.39, 0.29) is 40.9 Å². The van der Waals surface area contributed by atoms with Gasteiger partial charge in [0.1, 0.15) is 5.75 Å². The van der Waals surface area contributed by atoms with Gasteiger partial charge in [0.2, 0.25) is 0 Å². The first-order valence-electron chi connectivity index (χ1n) is 3.32. The van der Waals surface area contributed by atoms with Crippen LogP contribution < -0.4 is 0 Å². The van der Waals surface area contributed by atoms with Crippen LogP contribution in [0.5, 0.6) is 5.75 Å². The van der Waals surface area contributed by atoms with Crippen LogP contribution in [0.1, 0.15) is 20.7 Å². The second-order valence-electron chi connectivity index (χ2n) is 2.34. The number of rotatable bonds is 2. The molecule has 0 atom stereocenters. The van der Waals surface area contributed by atoms with Crippen molar-refractivity contribution in [3.05, 3.63) is 29.3 Å². The molecule has 0 saturated heterocycles. The van der Waals surface area contributed by atoms with Crippen LogP contribution in [-0.2, 0) is 0 Å². The van der Waals surface area contributed by atoms with Gasteiger partial charge in [-0.1, -0.05) is 0 Å². The number of hydrogen-bond donors (Lipinski definition) is 3. The van der Waals surface area contributed by atoms with Gasteiger partial charge in [-0.2, -0.15) is 0 Å². The number of carbonyl (C=O) groups is 2. The Bertz CT molecular complexity index is 374. The van der Waals surface area contributed by atoms with Gasteiger partial charge in [-0.05, 0) is 18.2 Å². The molecular weight excluding hydrogens is 199 g/mol. The fourth-order valence-electron chi connectivity index (χ4n) is 0.896. The third kappa shape index (κ3) is 2.73. The summed E-state index contributed by atoms with van der Waals surface area (Å²) in [7, 11) is 0. The Morgan fingerprint density at radius 1 is 1.00 bits per heavy atom. The summed E-state index contributed by atoms with van der Waals surface area (Å²) in [6, 6.07) is 3.06. The molecule has 0 unspecified atom stereocenters. The zero-order valence-corrected chi connectivity index (χ0v) is 6.39. The molecule has 0 radical (unpaired) electrons. The number of carboxylic acids is 2. The number of aromatic carboxylic acids is 2. The van der Waals surface area contributed by atoms with Gasteiger partial charge in [0.15, 0.2) is 0 Å². The molecule has 1 aromatic rings. The first-order chi connectivity index (χ1) is 6.02. The van der Waals surface area contributed by atoms with Gasteiger partial charge >= 0.3 is 41.5 Å². The molecule has 0 aliphatic rings. The molecule has 0 bridgehead atoms. The normalized spacial score (nSPS) is 8.86. The monoisotopic (exact) mass is 206 g/mol. The van der Waals surface area contributed by atoms with Crippen LogP contribution in [0.2, 0.25) is 0 Å². The Morgan fingerprint density at radius 2 is 1.50 bits per heavy atom. The maximum atomic E-state index is 10.5. The third-order valence-corrected chi connectivity index (χ3v) is 1.46. The fourth-order valence-corrected chi connectivity index (χ4v) is 0.896. The van der Waals surface area contributed by atoms with E-state index in [4.69, 9.17) is 15.3 Å². The van der Waals surface area contributed by atoms with Crippen LogP contribution in [0, 0.1) is 0 Å². The molecule has 0 aliphatic heterocycles. The van der Waals surface area contributed by atoms with Crippen molar-refractivity contribution in [3.63, 3.8) is 0 Å². The van der Waals surface area contributed by atoms with Crippen molar-refractivity contribution < 1.29 is 24.9 Å². The van der Waals surface area contributed by atoms with E-state index >= 15 is 0 Å². The Balaban J connectivity index is 0.00000169. The molecule has 0 fully saturated rings. The molecule has 70 valence electrons. The maximum absolute atomic E-state index is 10.5. The Morgan fingerprint density at radius 3 is 1.93 bits per heavy atom. The molecule has 6 heteroatoms. The summed E-state index contributed by atoms with van der Waals surface area (Å²) in [4.78, 5) is 21.0. The summed E-state index contributed by atoms with van der Waals surface area (Å²) in [6.07, 6.45) is 0. The summed E-state index contributed by atoms with van der Waals surface area (Å²) >= 11 is 0. The molecule has 0 aromatic heterocycles. The van der Waals surface area contributed by atoms with E-state index in [1.807, 2.05) is 0 Å². The van der Waals surface area contributed by atoms with Gasteiger partial charge in [-0.3, -0.25) is 0 Å². The van der Waals surface area contributed by atoms with Crippen LogP contribution in [0.15, 0.2) is 18.2 Å². The van der Waals surface area contributed by atoms with Gasteiger partial charge in [0.25, 0.3) is 0 Å². The minimum absolute atomic E-state index is 0. The van der Waals surface area contributed by atoms with Crippen LogP contribution in [-0.4, -0.2) is 56.8 Å². The van der Waals surface area contributed by atoms with Crippen molar-refractivity contribution in [2.24, 2.45) is 0 Å². The van der Waals surface area contributed by atoms with Gasteiger partial charge < -0.3 is 15.3 Å². The zero-order valence-electron chi connectivity index (χ0n) is 6.39. The third-order valence-electron chi connectivity index (χ3n) is 1.46.